The Morgan fingerprint density at radius 1 is 1.77 bits per heavy atom. The highest BCUT2D eigenvalue weighted by atomic mass is 16.6. The largest absolute Gasteiger partial charge is 0.481 e. The SMILES string of the molecule is O=C1NCC(C(=O)O)C=C1[N+](=O)[O-]. The van der Waals surface area contributed by atoms with E-state index in [0.717, 1.165) is 6.08 Å². The molecule has 0 saturated heterocycles. The third-order valence-electron chi connectivity index (χ3n) is 1.59. The molecule has 0 aromatic rings. The number of hydrogen-bond acceptors (Lipinski definition) is 4. The van der Waals surface area contributed by atoms with E-state index in [1.807, 2.05) is 0 Å². The quantitative estimate of drug-likeness (QED) is 0.423. The van der Waals surface area contributed by atoms with Crippen LogP contribution in [-0.4, -0.2) is 28.5 Å². The summed E-state index contributed by atoms with van der Waals surface area (Å²) in [5, 5.41) is 20.8. The van der Waals surface area contributed by atoms with Gasteiger partial charge in [0.1, 0.15) is 0 Å². The maximum absolute atomic E-state index is 10.8. The fourth-order valence-corrected chi connectivity index (χ4v) is 0.921. The Balaban J connectivity index is 2.95. The lowest BCUT2D eigenvalue weighted by Gasteiger charge is -2.13. The highest BCUT2D eigenvalue weighted by Crippen LogP contribution is 2.09. The normalized spacial score (nSPS) is 21.7. The Morgan fingerprint density at radius 3 is 2.85 bits per heavy atom. The first-order valence-corrected chi connectivity index (χ1v) is 3.39. The van der Waals surface area contributed by atoms with Gasteiger partial charge >= 0.3 is 17.6 Å². The maximum atomic E-state index is 10.8. The standard InChI is InChI=1S/C6H6N2O5/c9-5-4(8(12)13)1-3(2-7-5)6(10)11/h1,3H,2H2,(H,7,9)(H,10,11). The number of nitro groups is 1. The van der Waals surface area contributed by atoms with E-state index in [9.17, 15) is 19.7 Å². The fourth-order valence-electron chi connectivity index (χ4n) is 0.921. The predicted octanol–water partition coefficient (Wildman–Crippen LogP) is -1.02. The molecule has 1 aliphatic heterocycles. The van der Waals surface area contributed by atoms with Gasteiger partial charge in [-0.2, -0.15) is 0 Å². The number of carboxylic acids is 1. The van der Waals surface area contributed by atoms with E-state index in [0.29, 0.717) is 0 Å². The average Bonchev–Trinajstić information content (AvgIpc) is 2.04. The number of carboxylic acid groups (broad SMARTS) is 1. The van der Waals surface area contributed by atoms with Crippen LogP contribution in [0.15, 0.2) is 11.8 Å². The molecule has 70 valence electrons. The summed E-state index contributed by atoms with van der Waals surface area (Å²) in [7, 11) is 0. The van der Waals surface area contributed by atoms with Crippen molar-refractivity contribution in [2.24, 2.45) is 5.92 Å². The molecule has 7 heteroatoms. The maximum Gasteiger partial charge on any atom is 0.330 e. The van der Waals surface area contributed by atoms with Crippen molar-refractivity contribution in [3.8, 4) is 0 Å². The second-order valence-electron chi connectivity index (χ2n) is 2.46. The van der Waals surface area contributed by atoms with Crippen LogP contribution in [0.5, 0.6) is 0 Å². The molecule has 1 rings (SSSR count). The van der Waals surface area contributed by atoms with Crippen LogP contribution < -0.4 is 5.32 Å². The predicted molar refractivity (Wildman–Crippen MR) is 39.2 cm³/mol. The minimum atomic E-state index is -1.20. The van der Waals surface area contributed by atoms with Crippen LogP contribution in [0.3, 0.4) is 0 Å². The Morgan fingerprint density at radius 2 is 2.38 bits per heavy atom. The number of carbonyl (C=O) groups is 2. The molecule has 1 heterocycles. The van der Waals surface area contributed by atoms with E-state index in [-0.39, 0.29) is 6.54 Å². The van der Waals surface area contributed by atoms with Crippen LogP contribution in [0.4, 0.5) is 0 Å². The Hall–Kier alpha value is -1.92. The van der Waals surface area contributed by atoms with Gasteiger partial charge in [0.2, 0.25) is 0 Å². The van der Waals surface area contributed by atoms with E-state index < -0.39 is 28.4 Å². The van der Waals surface area contributed by atoms with Crippen molar-refractivity contribution < 1.29 is 19.6 Å². The summed E-state index contributed by atoms with van der Waals surface area (Å²) in [6.45, 7) is -0.106. The van der Waals surface area contributed by atoms with Gasteiger partial charge in [-0.25, -0.2) is 0 Å². The molecule has 1 atom stereocenters. The lowest BCUT2D eigenvalue weighted by molar-refractivity contribution is -0.420. The van der Waals surface area contributed by atoms with Crippen LogP contribution >= 0.6 is 0 Å². The molecule has 0 fully saturated rings. The summed E-state index contributed by atoms with van der Waals surface area (Å²) in [5.74, 6) is -3.06. The van der Waals surface area contributed by atoms with Crippen LogP contribution in [0.25, 0.3) is 0 Å². The molecule has 0 aliphatic carbocycles. The molecule has 13 heavy (non-hydrogen) atoms. The summed E-state index contributed by atoms with van der Waals surface area (Å²) in [6.07, 6.45) is 0.848. The van der Waals surface area contributed by atoms with Crippen LogP contribution in [-0.2, 0) is 9.59 Å². The smallest absolute Gasteiger partial charge is 0.330 e. The van der Waals surface area contributed by atoms with E-state index in [1.54, 1.807) is 0 Å². The summed E-state index contributed by atoms with van der Waals surface area (Å²) in [6, 6.07) is 0. The van der Waals surface area contributed by atoms with Crippen molar-refractivity contribution in [1.29, 1.82) is 0 Å². The van der Waals surface area contributed by atoms with Gasteiger partial charge in [0.25, 0.3) is 0 Å². The zero-order chi connectivity index (χ0) is 10.0. The minimum absolute atomic E-state index is 0.106. The highest BCUT2D eigenvalue weighted by molar-refractivity contribution is 5.93. The Bertz CT molecular complexity index is 308. The fraction of sp³-hybridized carbons (Fsp3) is 0.333. The van der Waals surface area contributed by atoms with Gasteiger partial charge in [-0.15, -0.1) is 0 Å². The van der Waals surface area contributed by atoms with E-state index >= 15 is 0 Å². The topological polar surface area (TPSA) is 110 Å². The Labute approximate surface area is 72.2 Å². The number of rotatable bonds is 2. The molecule has 0 spiro atoms. The number of amides is 1. The van der Waals surface area contributed by atoms with Crippen molar-refractivity contribution in [3.63, 3.8) is 0 Å². The van der Waals surface area contributed by atoms with Gasteiger partial charge in [-0.1, -0.05) is 0 Å². The number of carbonyl (C=O) groups excluding carboxylic acids is 1. The summed E-state index contributed by atoms with van der Waals surface area (Å²) in [5.41, 5.74) is -0.710. The number of nitrogens with one attached hydrogen (secondary N) is 1. The van der Waals surface area contributed by atoms with Crippen molar-refractivity contribution in [3.05, 3.63) is 21.9 Å². The molecule has 0 radical (unpaired) electrons. The monoisotopic (exact) mass is 186 g/mol. The summed E-state index contributed by atoms with van der Waals surface area (Å²) in [4.78, 5) is 30.5. The number of aliphatic carboxylic acids is 1. The van der Waals surface area contributed by atoms with Gasteiger partial charge in [-0.3, -0.25) is 19.7 Å². The highest BCUT2D eigenvalue weighted by Gasteiger charge is 2.31. The van der Waals surface area contributed by atoms with Crippen LogP contribution in [0, 0.1) is 16.0 Å². The first-order chi connectivity index (χ1) is 6.02. The minimum Gasteiger partial charge on any atom is -0.481 e. The molecule has 1 aliphatic rings. The van der Waals surface area contributed by atoms with E-state index in [2.05, 4.69) is 5.32 Å². The second-order valence-corrected chi connectivity index (χ2v) is 2.46. The second kappa shape index (κ2) is 3.21. The van der Waals surface area contributed by atoms with Crippen molar-refractivity contribution in [1.82, 2.24) is 5.32 Å². The van der Waals surface area contributed by atoms with Gasteiger partial charge < -0.3 is 10.4 Å². The number of hydrogen-bond donors (Lipinski definition) is 2. The molecule has 0 bridgehead atoms. The Kier molecular flexibility index (Phi) is 2.27. The molecule has 7 nitrogen and oxygen atoms in total. The first-order valence-electron chi connectivity index (χ1n) is 3.39. The van der Waals surface area contributed by atoms with Crippen molar-refractivity contribution in [2.75, 3.05) is 6.54 Å². The molecule has 1 unspecified atom stereocenters. The third-order valence-corrected chi connectivity index (χ3v) is 1.59. The van der Waals surface area contributed by atoms with Gasteiger partial charge in [-0.05, 0) is 0 Å². The van der Waals surface area contributed by atoms with Crippen LogP contribution in [0.1, 0.15) is 0 Å². The lowest BCUT2D eigenvalue weighted by Crippen LogP contribution is -2.39. The molecule has 1 amide bonds. The zero-order valence-corrected chi connectivity index (χ0v) is 6.39. The molecule has 0 aromatic carbocycles. The first kappa shape index (κ1) is 9.17. The molecule has 0 aromatic heterocycles. The number of nitrogens with zero attached hydrogens (tertiary/aromatic N) is 1. The molecule has 2 N–H and O–H groups in total. The van der Waals surface area contributed by atoms with Crippen molar-refractivity contribution >= 4 is 11.9 Å². The third kappa shape index (κ3) is 1.81. The average molecular weight is 186 g/mol. The van der Waals surface area contributed by atoms with Gasteiger partial charge in [0.15, 0.2) is 0 Å². The zero-order valence-electron chi connectivity index (χ0n) is 6.39. The summed E-state index contributed by atoms with van der Waals surface area (Å²) < 4.78 is 0. The summed E-state index contributed by atoms with van der Waals surface area (Å²) >= 11 is 0. The lowest BCUT2D eigenvalue weighted by atomic mass is 10.1. The molecular formula is C6H6N2O5. The molecular weight excluding hydrogens is 180 g/mol. The van der Waals surface area contributed by atoms with Crippen LogP contribution in [0.2, 0.25) is 0 Å². The van der Waals surface area contributed by atoms with Gasteiger partial charge in [0, 0.05) is 12.6 Å². The van der Waals surface area contributed by atoms with Gasteiger partial charge in [0.05, 0.1) is 10.8 Å². The van der Waals surface area contributed by atoms with E-state index in [1.165, 1.54) is 0 Å². The molecule has 0 saturated carbocycles. The van der Waals surface area contributed by atoms with Crippen molar-refractivity contribution in [2.45, 2.75) is 0 Å². The van der Waals surface area contributed by atoms with E-state index in [4.69, 9.17) is 5.11 Å².